The number of nitrogens with two attached hydrogens (primary N) is 1. The molecule has 2 N–H and O–H groups in total. The maximum absolute atomic E-state index is 12.8. The zero-order valence-corrected chi connectivity index (χ0v) is 19.5. The number of primary sulfonamides is 1. The molecule has 0 saturated carbocycles. The molecule has 13 heteroatoms. The van der Waals surface area contributed by atoms with Gasteiger partial charge in [-0.25, -0.2) is 22.0 Å². The molecule has 3 rings (SSSR count). The van der Waals surface area contributed by atoms with Gasteiger partial charge in [0.25, 0.3) is 5.91 Å². The minimum atomic E-state index is -3.96. The fraction of sp³-hybridized carbons (Fsp3) is 0.211. The van der Waals surface area contributed by atoms with Gasteiger partial charge in [-0.05, 0) is 43.3 Å². The van der Waals surface area contributed by atoms with Gasteiger partial charge in [0, 0.05) is 11.8 Å². The molecule has 0 spiro atoms. The van der Waals surface area contributed by atoms with E-state index < -0.39 is 31.7 Å². The van der Waals surface area contributed by atoms with Crippen molar-refractivity contribution in [3.63, 3.8) is 0 Å². The molecular weight excluding hydrogens is 478 g/mol. The highest BCUT2D eigenvalue weighted by Crippen LogP contribution is 2.22. The molecule has 1 heterocycles. The Morgan fingerprint density at radius 3 is 2.44 bits per heavy atom. The van der Waals surface area contributed by atoms with Crippen molar-refractivity contribution < 1.29 is 31.2 Å². The van der Waals surface area contributed by atoms with Crippen molar-refractivity contribution >= 4 is 53.3 Å². The number of nitrogens with zero attached hydrogens (tertiary/aromatic N) is 2. The quantitative estimate of drug-likeness (QED) is 0.499. The van der Waals surface area contributed by atoms with Crippen molar-refractivity contribution in [3.8, 4) is 0 Å². The number of ether oxygens (including phenoxy) is 1. The first-order valence-corrected chi connectivity index (χ1v) is 13.4. The van der Waals surface area contributed by atoms with E-state index in [0.29, 0.717) is 10.2 Å². The van der Waals surface area contributed by atoms with E-state index >= 15 is 0 Å². The summed E-state index contributed by atoms with van der Waals surface area (Å²) >= 11 is 0.976. The second-order valence-corrected chi connectivity index (χ2v) is 11.3. The number of hydrogen-bond acceptors (Lipinski definition) is 8. The summed E-state index contributed by atoms with van der Waals surface area (Å²) in [5.41, 5.74) is 0.491. The number of hydrogen-bond donors (Lipinski definition) is 1. The molecule has 0 atom stereocenters. The van der Waals surface area contributed by atoms with Crippen LogP contribution in [0.25, 0.3) is 10.2 Å². The van der Waals surface area contributed by atoms with Crippen LogP contribution >= 0.6 is 11.3 Å². The molecule has 32 heavy (non-hydrogen) atoms. The van der Waals surface area contributed by atoms with Crippen molar-refractivity contribution in [2.24, 2.45) is 10.1 Å². The Bertz CT molecular complexity index is 1500. The first-order chi connectivity index (χ1) is 14.9. The summed E-state index contributed by atoms with van der Waals surface area (Å²) in [4.78, 5) is 28.8. The van der Waals surface area contributed by atoms with Crippen LogP contribution in [0.3, 0.4) is 0 Å². The number of thiazole rings is 1. The van der Waals surface area contributed by atoms with Crippen LogP contribution in [0.1, 0.15) is 17.3 Å². The standard InChI is InChI=1S/C19H19N3O7S3/c1-3-29-17(23)11-22-15-8-7-14(32(20,27)28)10-16(15)30-19(22)21-18(24)12-5-4-6-13(9-12)31(2,25)26/h4-10H,3,11H2,1-2H3,(H2,20,27,28). The Hall–Kier alpha value is -2.87. The second-order valence-electron chi connectivity index (χ2n) is 6.67. The highest BCUT2D eigenvalue weighted by atomic mass is 32.2. The molecule has 0 saturated heterocycles. The molecular formula is C19H19N3O7S3. The van der Waals surface area contributed by atoms with E-state index in [9.17, 15) is 26.4 Å². The van der Waals surface area contributed by atoms with Crippen LogP contribution in [0.2, 0.25) is 0 Å². The summed E-state index contributed by atoms with van der Waals surface area (Å²) in [6.07, 6.45) is 1.02. The molecule has 0 aliphatic heterocycles. The van der Waals surface area contributed by atoms with E-state index in [2.05, 4.69) is 4.99 Å². The van der Waals surface area contributed by atoms with Crippen molar-refractivity contribution in [2.75, 3.05) is 12.9 Å². The predicted octanol–water partition coefficient (Wildman–Crippen LogP) is 1.06. The largest absolute Gasteiger partial charge is 0.465 e. The molecule has 0 aliphatic carbocycles. The number of sulfone groups is 1. The molecule has 3 aromatic rings. The van der Waals surface area contributed by atoms with E-state index in [1.54, 1.807) is 6.92 Å². The van der Waals surface area contributed by atoms with Crippen molar-refractivity contribution in [1.82, 2.24) is 4.57 Å². The van der Waals surface area contributed by atoms with Gasteiger partial charge in [0.05, 0.1) is 26.6 Å². The van der Waals surface area contributed by atoms with Gasteiger partial charge in [-0.3, -0.25) is 9.59 Å². The van der Waals surface area contributed by atoms with Gasteiger partial charge < -0.3 is 9.30 Å². The molecule has 2 aromatic carbocycles. The van der Waals surface area contributed by atoms with Crippen molar-refractivity contribution in [1.29, 1.82) is 0 Å². The van der Waals surface area contributed by atoms with Crippen LogP contribution in [0.5, 0.6) is 0 Å². The zero-order valence-electron chi connectivity index (χ0n) is 17.0. The second kappa shape index (κ2) is 8.94. The minimum absolute atomic E-state index is 0.0351. The number of aromatic nitrogens is 1. The SMILES string of the molecule is CCOC(=O)Cn1c(=NC(=O)c2cccc(S(C)(=O)=O)c2)sc2cc(S(N)(=O)=O)ccc21. The molecule has 10 nitrogen and oxygen atoms in total. The monoisotopic (exact) mass is 497 g/mol. The Balaban J connectivity index is 2.18. The number of carbonyl (C=O) groups excluding carboxylic acids is 2. The van der Waals surface area contributed by atoms with Crippen LogP contribution in [-0.2, 0) is 35.9 Å². The van der Waals surface area contributed by atoms with E-state index in [4.69, 9.17) is 9.88 Å². The van der Waals surface area contributed by atoms with Gasteiger partial charge in [0.1, 0.15) is 6.54 Å². The number of sulfonamides is 1. The Morgan fingerprint density at radius 2 is 1.81 bits per heavy atom. The van der Waals surface area contributed by atoms with Gasteiger partial charge in [-0.15, -0.1) is 0 Å². The number of esters is 1. The molecule has 1 amide bonds. The molecule has 0 aliphatic rings. The van der Waals surface area contributed by atoms with Crippen LogP contribution in [-0.4, -0.2) is 46.1 Å². The molecule has 0 fully saturated rings. The van der Waals surface area contributed by atoms with Crippen LogP contribution < -0.4 is 9.94 Å². The topological polar surface area (TPSA) is 155 Å². The third-order valence-corrected chi connectivity index (χ3v) is 7.34. The molecule has 1 aromatic heterocycles. The van der Waals surface area contributed by atoms with Gasteiger partial charge in [0.2, 0.25) is 10.0 Å². The summed E-state index contributed by atoms with van der Waals surface area (Å²) in [5, 5.41) is 5.19. The van der Waals surface area contributed by atoms with Gasteiger partial charge in [-0.1, -0.05) is 17.4 Å². The van der Waals surface area contributed by atoms with Crippen LogP contribution in [0.4, 0.5) is 0 Å². The summed E-state index contributed by atoms with van der Waals surface area (Å²) in [6.45, 7) is 1.54. The van der Waals surface area contributed by atoms with Gasteiger partial charge >= 0.3 is 5.97 Å². The lowest BCUT2D eigenvalue weighted by Crippen LogP contribution is -2.23. The first-order valence-electron chi connectivity index (χ1n) is 9.11. The number of fused-ring (bicyclic) bond motifs is 1. The first kappa shape index (κ1) is 23.8. The van der Waals surface area contributed by atoms with Crippen LogP contribution in [0.15, 0.2) is 57.2 Å². The lowest BCUT2D eigenvalue weighted by molar-refractivity contribution is -0.143. The summed E-state index contributed by atoms with van der Waals surface area (Å²) in [6, 6.07) is 9.48. The van der Waals surface area contributed by atoms with Crippen LogP contribution in [0, 0.1) is 0 Å². The zero-order chi connectivity index (χ0) is 23.7. The highest BCUT2D eigenvalue weighted by Gasteiger charge is 2.17. The van der Waals surface area contributed by atoms with Crippen molar-refractivity contribution in [2.45, 2.75) is 23.3 Å². The third kappa shape index (κ3) is 5.30. The Morgan fingerprint density at radius 1 is 1.09 bits per heavy atom. The fourth-order valence-corrected chi connectivity index (χ4v) is 5.16. The molecule has 0 radical (unpaired) electrons. The average Bonchev–Trinajstić information content (AvgIpc) is 3.03. The Kier molecular flexibility index (Phi) is 6.64. The van der Waals surface area contributed by atoms with E-state index in [-0.39, 0.29) is 33.3 Å². The maximum Gasteiger partial charge on any atom is 0.326 e. The molecule has 170 valence electrons. The van der Waals surface area contributed by atoms with Gasteiger partial charge in [-0.2, -0.15) is 4.99 Å². The fourth-order valence-electron chi connectivity index (χ4n) is 2.82. The number of carbonyl (C=O) groups is 2. The molecule has 0 unspecified atom stereocenters. The predicted molar refractivity (Wildman–Crippen MR) is 117 cm³/mol. The van der Waals surface area contributed by atoms with E-state index in [0.717, 1.165) is 17.6 Å². The number of benzene rings is 2. The maximum atomic E-state index is 12.8. The normalized spacial score (nSPS) is 12.8. The lowest BCUT2D eigenvalue weighted by atomic mass is 10.2. The van der Waals surface area contributed by atoms with Gasteiger partial charge in [0.15, 0.2) is 14.6 Å². The van der Waals surface area contributed by atoms with E-state index in [1.807, 2.05) is 0 Å². The van der Waals surface area contributed by atoms with Crippen molar-refractivity contribution in [3.05, 3.63) is 52.8 Å². The van der Waals surface area contributed by atoms with E-state index in [1.165, 1.54) is 47.0 Å². The Labute approximate surface area is 187 Å². The third-order valence-electron chi connectivity index (χ3n) is 4.28. The minimum Gasteiger partial charge on any atom is -0.465 e. The number of amides is 1. The average molecular weight is 498 g/mol. The number of rotatable bonds is 6. The smallest absolute Gasteiger partial charge is 0.326 e. The summed E-state index contributed by atoms with van der Waals surface area (Å²) < 4.78 is 53.7. The molecule has 0 bridgehead atoms. The summed E-state index contributed by atoms with van der Waals surface area (Å²) in [5.74, 6) is -1.30. The summed E-state index contributed by atoms with van der Waals surface area (Å²) in [7, 11) is -7.49. The highest BCUT2D eigenvalue weighted by molar-refractivity contribution is 7.90. The lowest BCUT2D eigenvalue weighted by Gasteiger charge is -2.06.